The molecule has 4 nitrogen and oxygen atoms in total. The van der Waals surface area contributed by atoms with Gasteiger partial charge in [0.1, 0.15) is 0 Å². The van der Waals surface area contributed by atoms with Gasteiger partial charge in [-0.1, -0.05) is 46.7 Å². The molecular formula is C20H18Cl2N2O2S. The number of thiazole rings is 1. The fourth-order valence-corrected chi connectivity index (χ4v) is 4.78. The molecule has 7 heteroatoms. The van der Waals surface area contributed by atoms with Gasteiger partial charge in [0.2, 0.25) is 0 Å². The van der Waals surface area contributed by atoms with Crippen molar-refractivity contribution in [1.29, 1.82) is 0 Å². The Morgan fingerprint density at radius 2 is 2.19 bits per heavy atom. The number of carbonyl (C=O) groups is 1. The number of nitrogens with zero attached hydrogens (tertiary/aromatic N) is 2. The molecule has 0 radical (unpaired) electrons. The van der Waals surface area contributed by atoms with Crippen LogP contribution in [0, 0.1) is 6.92 Å². The van der Waals surface area contributed by atoms with Gasteiger partial charge in [-0.3, -0.25) is 9.69 Å². The Labute approximate surface area is 171 Å². The SMILES string of the molecule is Cc1cccc2sc(N(CC3CCCO3)C(=O)c3ccc(Cl)cc3Cl)nc12. The zero-order valence-corrected chi connectivity index (χ0v) is 17.1. The molecule has 0 bridgehead atoms. The monoisotopic (exact) mass is 420 g/mol. The zero-order chi connectivity index (χ0) is 19.0. The van der Waals surface area contributed by atoms with Crippen molar-refractivity contribution in [1.82, 2.24) is 4.98 Å². The van der Waals surface area contributed by atoms with Gasteiger partial charge in [-0.25, -0.2) is 4.98 Å². The number of aryl methyl sites for hydroxylation is 1. The maximum atomic E-state index is 13.3. The highest BCUT2D eigenvalue weighted by Crippen LogP contribution is 2.33. The number of rotatable bonds is 4. The van der Waals surface area contributed by atoms with E-state index in [-0.39, 0.29) is 12.0 Å². The molecular weight excluding hydrogens is 403 g/mol. The number of anilines is 1. The van der Waals surface area contributed by atoms with E-state index in [0.29, 0.717) is 27.3 Å². The summed E-state index contributed by atoms with van der Waals surface area (Å²) in [6, 6.07) is 11.0. The number of benzene rings is 2. The van der Waals surface area contributed by atoms with Crippen LogP contribution in [-0.2, 0) is 4.74 Å². The lowest BCUT2D eigenvalue weighted by Crippen LogP contribution is -2.37. The van der Waals surface area contributed by atoms with Crippen molar-refractivity contribution in [3.63, 3.8) is 0 Å². The number of hydrogen-bond acceptors (Lipinski definition) is 4. The number of carbonyl (C=O) groups excluding carboxylic acids is 1. The summed E-state index contributed by atoms with van der Waals surface area (Å²) in [5, 5.41) is 1.49. The van der Waals surface area contributed by atoms with E-state index in [1.807, 2.05) is 25.1 Å². The van der Waals surface area contributed by atoms with Crippen molar-refractivity contribution >= 4 is 55.8 Å². The number of para-hydroxylation sites is 1. The van der Waals surface area contributed by atoms with Gasteiger partial charge in [0.05, 0.1) is 33.5 Å². The first-order valence-corrected chi connectivity index (χ1v) is 10.3. The lowest BCUT2D eigenvalue weighted by atomic mass is 10.1. The van der Waals surface area contributed by atoms with Gasteiger partial charge in [-0.15, -0.1) is 0 Å². The quantitative estimate of drug-likeness (QED) is 0.540. The summed E-state index contributed by atoms with van der Waals surface area (Å²) in [4.78, 5) is 19.8. The Balaban J connectivity index is 1.75. The Morgan fingerprint density at radius 1 is 1.33 bits per heavy atom. The molecule has 0 saturated carbocycles. The van der Waals surface area contributed by atoms with E-state index in [1.54, 1.807) is 23.1 Å². The highest BCUT2D eigenvalue weighted by molar-refractivity contribution is 7.22. The Morgan fingerprint density at radius 3 is 2.89 bits per heavy atom. The first-order valence-electron chi connectivity index (χ1n) is 8.77. The fraction of sp³-hybridized carbons (Fsp3) is 0.300. The summed E-state index contributed by atoms with van der Waals surface area (Å²) in [6.07, 6.45) is 1.95. The van der Waals surface area contributed by atoms with Crippen LogP contribution in [0.15, 0.2) is 36.4 Å². The number of ether oxygens (including phenoxy) is 1. The molecule has 1 amide bonds. The maximum Gasteiger partial charge on any atom is 0.261 e. The van der Waals surface area contributed by atoms with Crippen LogP contribution >= 0.6 is 34.5 Å². The molecule has 0 N–H and O–H groups in total. The van der Waals surface area contributed by atoms with E-state index in [2.05, 4.69) is 0 Å². The summed E-state index contributed by atoms with van der Waals surface area (Å²) < 4.78 is 6.82. The third-order valence-electron chi connectivity index (χ3n) is 4.66. The summed E-state index contributed by atoms with van der Waals surface area (Å²) in [7, 11) is 0. The normalized spacial score (nSPS) is 16.8. The average Bonchev–Trinajstić information content (AvgIpc) is 3.29. The lowest BCUT2D eigenvalue weighted by Gasteiger charge is -2.23. The summed E-state index contributed by atoms with van der Waals surface area (Å²) in [5.74, 6) is -0.191. The van der Waals surface area contributed by atoms with Crippen molar-refractivity contribution in [3.05, 3.63) is 57.6 Å². The second-order valence-corrected chi connectivity index (χ2v) is 8.45. The van der Waals surface area contributed by atoms with Crippen molar-refractivity contribution in [3.8, 4) is 0 Å². The lowest BCUT2D eigenvalue weighted by molar-refractivity contribution is 0.0917. The Kier molecular flexibility index (Phi) is 5.37. The highest BCUT2D eigenvalue weighted by Gasteiger charge is 2.28. The molecule has 4 rings (SSSR count). The molecule has 1 atom stereocenters. The number of halogens is 2. The van der Waals surface area contributed by atoms with Crippen molar-refractivity contribution in [2.75, 3.05) is 18.1 Å². The van der Waals surface area contributed by atoms with Gasteiger partial charge in [0.15, 0.2) is 5.13 Å². The first kappa shape index (κ1) is 18.7. The fourth-order valence-electron chi connectivity index (χ4n) is 3.24. The number of hydrogen-bond donors (Lipinski definition) is 0. The van der Waals surface area contributed by atoms with Crippen LogP contribution in [0.25, 0.3) is 10.2 Å². The minimum atomic E-state index is -0.191. The van der Waals surface area contributed by atoms with Crippen LogP contribution < -0.4 is 4.90 Å². The van der Waals surface area contributed by atoms with Crippen LogP contribution in [-0.4, -0.2) is 30.1 Å². The average molecular weight is 421 g/mol. The molecule has 1 aliphatic rings. The predicted molar refractivity (Wildman–Crippen MR) is 111 cm³/mol. The third kappa shape index (κ3) is 3.83. The van der Waals surface area contributed by atoms with Gasteiger partial charge in [-0.2, -0.15) is 0 Å². The van der Waals surface area contributed by atoms with Gasteiger partial charge in [0.25, 0.3) is 5.91 Å². The molecule has 1 fully saturated rings. The minimum Gasteiger partial charge on any atom is -0.376 e. The first-order chi connectivity index (χ1) is 13.0. The molecule has 2 aromatic carbocycles. The molecule has 3 aromatic rings. The number of aromatic nitrogens is 1. The predicted octanol–water partition coefficient (Wildman–Crippen LogP) is 5.74. The molecule has 0 spiro atoms. The largest absolute Gasteiger partial charge is 0.376 e. The summed E-state index contributed by atoms with van der Waals surface area (Å²) in [6.45, 7) is 3.21. The van der Waals surface area contributed by atoms with Gasteiger partial charge >= 0.3 is 0 Å². The minimum absolute atomic E-state index is 0.00753. The van der Waals surface area contributed by atoms with Crippen LogP contribution in [0.5, 0.6) is 0 Å². The van der Waals surface area contributed by atoms with Crippen molar-refractivity contribution in [2.45, 2.75) is 25.9 Å². The van der Waals surface area contributed by atoms with E-state index >= 15 is 0 Å². The molecule has 1 saturated heterocycles. The van der Waals surface area contributed by atoms with E-state index in [9.17, 15) is 4.79 Å². The highest BCUT2D eigenvalue weighted by atomic mass is 35.5. The van der Waals surface area contributed by atoms with E-state index < -0.39 is 0 Å². The molecule has 140 valence electrons. The zero-order valence-electron chi connectivity index (χ0n) is 14.7. The van der Waals surface area contributed by atoms with Crippen molar-refractivity contribution in [2.24, 2.45) is 0 Å². The van der Waals surface area contributed by atoms with E-state index in [1.165, 1.54) is 11.3 Å². The van der Waals surface area contributed by atoms with Gasteiger partial charge < -0.3 is 4.74 Å². The molecule has 2 heterocycles. The van der Waals surface area contributed by atoms with Crippen LogP contribution in [0.2, 0.25) is 10.0 Å². The van der Waals surface area contributed by atoms with Crippen LogP contribution in [0.3, 0.4) is 0 Å². The second kappa shape index (κ2) is 7.76. The molecule has 27 heavy (non-hydrogen) atoms. The topological polar surface area (TPSA) is 42.4 Å². The molecule has 1 unspecified atom stereocenters. The van der Waals surface area contributed by atoms with E-state index in [4.69, 9.17) is 32.9 Å². The van der Waals surface area contributed by atoms with E-state index in [0.717, 1.165) is 35.2 Å². The molecule has 0 aliphatic carbocycles. The smallest absolute Gasteiger partial charge is 0.261 e. The van der Waals surface area contributed by atoms with Gasteiger partial charge in [-0.05, 0) is 49.6 Å². The van der Waals surface area contributed by atoms with Crippen molar-refractivity contribution < 1.29 is 9.53 Å². The number of fused-ring (bicyclic) bond motifs is 1. The Hall–Kier alpha value is -1.66. The summed E-state index contributed by atoms with van der Waals surface area (Å²) >= 11 is 13.8. The summed E-state index contributed by atoms with van der Waals surface area (Å²) in [5.41, 5.74) is 2.42. The van der Waals surface area contributed by atoms with Gasteiger partial charge in [0, 0.05) is 11.6 Å². The molecule has 1 aromatic heterocycles. The maximum absolute atomic E-state index is 13.3. The standard InChI is InChI=1S/C20H18Cl2N2O2S/c1-12-4-2-6-17-18(12)23-20(27-17)24(11-14-5-3-9-26-14)19(25)15-8-7-13(21)10-16(15)22/h2,4,6-8,10,14H,3,5,9,11H2,1H3. The Bertz CT molecular complexity index is 999. The third-order valence-corrected chi connectivity index (χ3v) is 6.25. The van der Waals surface area contributed by atoms with Crippen LogP contribution in [0.4, 0.5) is 5.13 Å². The number of amides is 1. The molecule has 1 aliphatic heterocycles. The second-order valence-electron chi connectivity index (χ2n) is 6.59. The van der Waals surface area contributed by atoms with Crippen LogP contribution in [0.1, 0.15) is 28.8 Å².